The van der Waals surface area contributed by atoms with E-state index in [2.05, 4.69) is 21.6 Å². The first-order valence-corrected chi connectivity index (χ1v) is 19.0. The van der Waals surface area contributed by atoms with Gasteiger partial charge in [0.25, 0.3) is 11.8 Å². The van der Waals surface area contributed by atoms with Gasteiger partial charge in [-0.05, 0) is 50.6 Å². The average Bonchev–Trinajstić information content (AvgIpc) is 3.75. The van der Waals surface area contributed by atoms with Gasteiger partial charge >= 0.3 is 15.8 Å². The highest BCUT2D eigenvalue weighted by Crippen LogP contribution is 2.39. The zero-order valence-electron chi connectivity index (χ0n) is 29.7. The van der Waals surface area contributed by atoms with Gasteiger partial charge in [-0.2, -0.15) is 12.7 Å². The van der Waals surface area contributed by atoms with E-state index in [0.29, 0.717) is 41.1 Å². The Labute approximate surface area is 306 Å². The van der Waals surface area contributed by atoms with E-state index in [1.807, 2.05) is 13.0 Å². The number of piperazine rings is 1. The molecule has 3 aromatic rings. The van der Waals surface area contributed by atoms with E-state index in [9.17, 15) is 22.8 Å². The van der Waals surface area contributed by atoms with Crippen LogP contribution in [0.5, 0.6) is 0 Å². The molecule has 4 aliphatic rings. The Morgan fingerprint density at radius 3 is 2.56 bits per heavy atom. The van der Waals surface area contributed by atoms with Crippen LogP contribution in [-0.2, 0) is 32.6 Å². The Kier molecular flexibility index (Phi) is 9.76. The van der Waals surface area contributed by atoms with Crippen LogP contribution in [0, 0.1) is 12.7 Å². The molecule has 52 heavy (non-hydrogen) atoms. The van der Waals surface area contributed by atoms with Crippen molar-refractivity contribution in [3.05, 3.63) is 67.3 Å². The number of amides is 2. The number of carbonyl (C=O) groups excluding carboxylic acids is 2. The number of benzene rings is 2. The lowest BCUT2D eigenvalue weighted by atomic mass is 9.94. The van der Waals surface area contributed by atoms with Crippen LogP contribution in [0.2, 0.25) is 5.02 Å². The van der Waals surface area contributed by atoms with Crippen molar-refractivity contribution >= 4 is 56.0 Å². The monoisotopic (exact) mass is 760 g/mol. The van der Waals surface area contributed by atoms with Gasteiger partial charge in [0.2, 0.25) is 0 Å². The minimum atomic E-state index is -4.22. The van der Waals surface area contributed by atoms with Crippen molar-refractivity contribution < 1.29 is 36.3 Å². The summed E-state index contributed by atoms with van der Waals surface area (Å²) in [6.07, 6.45) is 0.596. The molecule has 0 unspecified atom stereocenters. The number of anilines is 2. The smallest absolute Gasteiger partial charge is 0.341 e. The van der Waals surface area contributed by atoms with E-state index in [1.165, 1.54) is 20.2 Å². The van der Waals surface area contributed by atoms with Crippen LogP contribution in [0.25, 0.3) is 11.0 Å². The number of hydrogen-bond donors (Lipinski definition) is 1. The Morgan fingerprint density at radius 2 is 1.88 bits per heavy atom. The third kappa shape index (κ3) is 6.43. The molecule has 3 saturated heterocycles. The number of rotatable bonds is 8. The van der Waals surface area contributed by atoms with Gasteiger partial charge in [-0.3, -0.25) is 14.5 Å². The molecule has 280 valence electrons. The fraction of sp³-hybridized carbons (Fsp3) is 0.514. The van der Waals surface area contributed by atoms with E-state index in [0.717, 1.165) is 30.4 Å². The summed E-state index contributed by atoms with van der Waals surface area (Å²) in [6.45, 7) is 5.17. The van der Waals surface area contributed by atoms with Crippen LogP contribution in [0.1, 0.15) is 43.8 Å². The molecule has 2 bridgehead atoms. The molecule has 7 rings (SSSR count). The zero-order chi connectivity index (χ0) is 37.2. The maximum absolute atomic E-state index is 15.7. The number of nitrogens with zero attached hydrogens (tertiary/aromatic N) is 5. The summed E-state index contributed by atoms with van der Waals surface area (Å²) in [5.41, 5.74) is 1.96. The van der Waals surface area contributed by atoms with Crippen LogP contribution in [0.3, 0.4) is 0 Å². The number of halogens is 2. The van der Waals surface area contributed by atoms with Crippen molar-refractivity contribution in [1.82, 2.24) is 18.8 Å². The van der Waals surface area contributed by atoms with Gasteiger partial charge in [0.05, 0.1) is 65.3 Å². The van der Waals surface area contributed by atoms with E-state index >= 15 is 4.39 Å². The SMILES string of the molecule is COC[C@H]1CN(c2cc(Cl)c3c4c(c(=O)oc3c2C)CN(C(=O)c2cc(N(C)C)c(C(=O)NS(=O)(=O)N3C[C@@H]5C[C@H]3CO5)cc2F)CC4)CCN1C. The number of ether oxygens (including phenoxy) is 2. The molecule has 14 nitrogen and oxygen atoms in total. The predicted molar refractivity (Wildman–Crippen MR) is 193 cm³/mol. The van der Waals surface area contributed by atoms with E-state index in [-0.39, 0.29) is 73.2 Å². The number of fused-ring (bicyclic) bond motifs is 5. The van der Waals surface area contributed by atoms with E-state index in [1.54, 1.807) is 21.2 Å². The Hall–Kier alpha value is -3.80. The second-order valence-corrected chi connectivity index (χ2v) is 16.2. The lowest BCUT2D eigenvalue weighted by molar-refractivity contribution is 0.0601. The maximum Gasteiger partial charge on any atom is 0.341 e. The second-order valence-electron chi connectivity index (χ2n) is 14.2. The number of hydrogen-bond acceptors (Lipinski definition) is 11. The quantitative estimate of drug-likeness (QED) is 0.338. The van der Waals surface area contributed by atoms with Crippen LogP contribution >= 0.6 is 11.6 Å². The molecule has 0 saturated carbocycles. The largest absolute Gasteiger partial charge is 0.422 e. The summed E-state index contributed by atoms with van der Waals surface area (Å²) in [4.78, 5) is 48.0. The first-order valence-electron chi connectivity index (χ1n) is 17.2. The minimum Gasteiger partial charge on any atom is -0.422 e. The van der Waals surface area contributed by atoms with Gasteiger partial charge < -0.3 is 28.6 Å². The fourth-order valence-electron chi connectivity index (χ4n) is 7.88. The molecule has 1 aromatic heterocycles. The zero-order valence-corrected chi connectivity index (χ0v) is 31.3. The lowest BCUT2D eigenvalue weighted by Crippen LogP contribution is -2.53. The molecule has 3 atom stereocenters. The molecule has 5 heterocycles. The highest BCUT2D eigenvalue weighted by Gasteiger charge is 2.45. The summed E-state index contributed by atoms with van der Waals surface area (Å²) < 4.78 is 61.9. The predicted octanol–water partition coefficient (Wildman–Crippen LogP) is 2.37. The van der Waals surface area contributed by atoms with Gasteiger partial charge in [-0.15, -0.1) is 0 Å². The summed E-state index contributed by atoms with van der Waals surface area (Å²) in [7, 11) is 2.70. The number of morpholine rings is 1. The van der Waals surface area contributed by atoms with Gasteiger partial charge in [0.1, 0.15) is 11.4 Å². The first-order chi connectivity index (χ1) is 24.7. The molecule has 0 radical (unpaired) electrons. The summed E-state index contributed by atoms with van der Waals surface area (Å²) in [5, 5.41) is 1.05. The van der Waals surface area contributed by atoms with Crippen LogP contribution in [-0.4, -0.2) is 127 Å². The standard InChI is InChI=1S/C35H42ClFN6O8S/c1-19-29(41-9-8-40(4)21(14-41)17-49-5)13-27(36)31-23-6-7-42(16-26(23)35(46)51-32(19)31)34(45)24-12-30(39(2)3)25(11-28(24)37)33(44)38-52(47,48)43-15-22-10-20(43)18-50-22/h11-13,20-22H,6-10,14-18H2,1-5H3,(H,38,44)/t20-,21+,22-/m0/s1. The third-order valence-electron chi connectivity index (χ3n) is 10.7. The molecule has 3 fully saturated rings. The van der Waals surface area contributed by atoms with Gasteiger partial charge in [0.15, 0.2) is 0 Å². The Morgan fingerprint density at radius 1 is 1.12 bits per heavy atom. The van der Waals surface area contributed by atoms with Crippen molar-refractivity contribution in [3.63, 3.8) is 0 Å². The number of likely N-dealkylation sites (N-methyl/N-ethyl adjacent to an activating group) is 1. The van der Waals surface area contributed by atoms with Crippen LogP contribution in [0.15, 0.2) is 27.4 Å². The number of methoxy groups -OCH3 is 1. The van der Waals surface area contributed by atoms with Gasteiger partial charge in [-0.25, -0.2) is 13.9 Å². The topological polar surface area (TPSA) is 145 Å². The molecular formula is C35H42ClFN6O8S. The lowest BCUT2D eigenvalue weighted by Gasteiger charge is -2.41. The van der Waals surface area contributed by atoms with E-state index in [4.69, 9.17) is 25.5 Å². The Balaban J connectivity index is 1.14. The molecule has 2 amide bonds. The minimum absolute atomic E-state index is 0.127. The van der Waals surface area contributed by atoms with E-state index < -0.39 is 33.5 Å². The summed E-state index contributed by atoms with van der Waals surface area (Å²) >= 11 is 6.93. The highest BCUT2D eigenvalue weighted by molar-refractivity contribution is 7.87. The summed E-state index contributed by atoms with van der Waals surface area (Å²) in [6, 6.07) is 3.80. The normalized spacial score (nSPS) is 22.2. The number of nitrogens with one attached hydrogen (secondary N) is 1. The average molecular weight is 761 g/mol. The molecule has 2 aromatic carbocycles. The van der Waals surface area contributed by atoms with Crippen LogP contribution < -0.4 is 20.1 Å². The fourth-order valence-corrected chi connectivity index (χ4v) is 9.55. The second kappa shape index (κ2) is 13.9. The molecule has 0 aliphatic carbocycles. The number of aryl methyl sites for hydroxylation is 1. The van der Waals surface area contributed by atoms with Crippen molar-refractivity contribution in [2.75, 3.05) is 84.0 Å². The molecule has 0 spiro atoms. The molecule has 4 aliphatic heterocycles. The highest BCUT2D eigenvalue weighted by atomic mass is 35.5. The van der Waals surface area contributed by atoms with Crippen LogP contribution in [0.4, 0.5) is 15.8 Å². The number of carbonyl (C=O) groups is 2. The Bertz CT molecular complexity index is 2130. The van der Waals surface area contributed by atoms with Crippen molar-refractivity contribution in [1.29, 1.82) is 0 Å². The first kappa shape index (κ1) is 36.6. The van der Waals surface area contributed by atoms with Gasteiger partial charge in [-0.1, -0.05) is 11.6 Å². The molecular weight excluding hydrogens is 719 g/mol. The molecule has 1 N–H and O–H groups in total. The van der Waals surface area contributed by atoms with Crippen molar-refractivity contribution in [2.45, 2.75) is 44.5 Å². The van der Waals surface area contributed by atoms with Gasteiger partial charge in [0, 0.05) is 70.6 Å². The molecule has 17 heteroatoms. The third-order valence-corrected chi connectivity index (χ3v) is 12.5. The summed E-state index contributed by atoms with van der Waals surface area (Å²) in [5.74, 6) is -2.73. The van der Waals surface area contributed by atoms with Crippen molar-refractivity contribution in [2.24, 2.45) is 0 Å². The maximum atomic E-state index is 15.7. The van der Waals surface area contributed by atoms with Crippen molar-refractivity contribution in [3.8, 4) is 0 Å².